The molecule has 0 radical (unpaired) electrons. The van der Waals surface area contributed by atoms with Crippen LogP contribution in [-0.4, -0.2) is 46.8 Å². The van der Waals surface area contributed by atoms with E-state index in [4.69, 9.17) is 10.00 Å². The molecule has 23 heavy (non-hydrogen) atoms. The summed E-state index contributed by atoms with van der Waals surface area (Å²) in [7, 11) is 0. The molecule has 122 valence electrons. The Morgan fingerprint density at radius 1 is 1.30 bits per heavy atom. The number of hydrogen-bond donors (Lipinski definition) is 0. The Hall–Kier alpha value is -2.29. The number of pyridine rings is 1. The second-order valence-electron chi connectivity index (χ2n) is 7.09. The maximum absolute atomic E-state index is 12.4. The van der Waals surface area contributed by atoms with Gasteiger partial charge in [0.1, 0.15) is 17.4 Å². The molecule has 0 bridgehead atoms. The van der Waals surface area contributed by atoms with E-state index >= 15 is 0 Å². The first kappa shape index (κ1) is 15.6. The summed E-state index contributed by atoms with van der Waals surface area (Å²) < 4.78 is 5.52. The summed E-state index contributed by atoms with van der Waals surface area (Å²) in [5.41, 5.74) is 0.971. The number of amides is 1. The highest BCUT2D eigenvalue weighted by Gasteiger charge is 2.46. The van der Waals surface area contributed by atoms with Gasteiger partial charge >= 0.3 is 6.09 Å². The average Bonchev–Trinajstić information content (AvgIpc) is 2.46. The van der Waals surface area contributed by atoms with Crippen LogP contribution in [0.3, 0.4) is 0 Å². The molecule has 1 saturated carbocycles. The van der Waals surface area contributed by atoms with Crippen molar-refractivity contribution in [2.24, 2.45) is 0 Å². The lowest BCUT2D eigenvalue weighted by atomic mass is 9.81. The highest BCUT2D eigenvalue weighted by atomic mass is 16.6. The fraction of sp³-hybridized carbons (Fsp3) is 0.588. The third-order valence-electron chi connectivity index (χ3n) is 4.41. The van der Waals surface area contributed by atoms with E-state index in [1.54, 1.807) is 12.3 Å². The number of carbonyl (C=O) groups excluding carboxylic acids is 1. The molecule has 1 saturated heterocycles. The number of carbonyl (C=O) groups is 1. The number of rotatable bonds is 1. The molecule has 1 aliphatic carbocycles. The second-order valence-corrected chi connectivity index (χ2v) is 7.09. The molecule has 1 aliphatic heterocycles. The van der Waals surface area contributed by atoms with Gasteiger partial charge in [-0.05, 0) is 45.7 Å². The van der Waals surface area contributed by atoms with Gasteiger partial charge in [0, 0.05) is 19.1 Å². The average molecular weight is 314 g/mol. The SMILES string of the molecule is CC(C)(C)OC(=O)N1CCN(c2ccc(C#N)nc2)[C@H]2CC[C@H]21. The summed E-state index contributed by atoms with van der Waals surface area (Å²) in [5, 5.41) is 8.85. The van der Waals surface area contributed by atoms with E-state index in [1.807, 2.05) is 37.8 Å². The lowest BCUT2D eigenvalue weighted by Gasteiger charge is -2.54. The molecule has 0 unspecified atom stereocenters. The number of ether oxygens (including phenoxy) is 1. The first-order chi connectivity index (χ1) is 10.9. The Kier molecular flexibility index (Phi) is 3.88. The molecular weight excluding hydrogens is 292 g/mol. The molecule has 6 nitrogen and oxygen atoms in total. The summed E-state index contributed by atoms with van der Waals surface area (Å²) in [6.07, 6.45) is 3.59. The van der Waals surface area contributed by atoms with Crippen LogP contribution >= 0.6 is 0 Å². The molecule has 1 amide bonds. The minimum Gasteiger partial charge on any atom is -0.444 e. The maximum atomic E-state index is 12.4. The summed E-state index contributed by atoms with van der Waals surface area (Å²) in [6, 6.07) is 6.22. The molecule has 1 aromatic rings. The van der Waals surface area contributed by atoms with Crippen molar-refractivity contribution in [2.75, 3.05) is 18.0 Å². The summed E-state index contributed by atoms with van der Waals surface area (Å²) in [4.78, 5) is 20.7. The molecule has 2 fully saturated rings. The van der Waals surface area contributed by atoms with Gasteiger partial charge in [0.25, 0.3) is 0 Å². The number of hydrogen-bond acceptors (Lipinski definition) is 5. The standard InChI is InChI=1S/C17H22N4O2/c1-17(2,3)23-16(22)21-9-8-20(14-6-7-15(14)21)13-5-4-12(10-18)19-11-13/h4-5,11,14-15H,6-9H2,1-3H3/t14-,15+/m0/s1. The lowest BCUT2D eigenvalue weighted by molar-refractivity contribution is -0.00445. The number of nitrogens with zero attached hydrogens (tertiary/aromatic N) is 4. The predicted octanol–water partition coefficient (Wildman–Crippen LogP) is 2.54. The van der Waals surface area contributed by atoms with E-state index in [0.717, 1.165) is 25.1 Å². The van der Waals surface area contributed by atoms with Crippen molar-refractivity contribution >= 4 is 11.8 Å². The molecule has 2 aliphatic rings. The lowest BCUT2D eigenvalue weighted by Crippen LogP contribution is -2.66. The molecule has 1 aromatic heterocycles. The van der Waals surface area contributed by atoms with Gasteiger partial charge in [-0.25, -0.2) is 9.78 Å². The molecule has 0 N–H and O–H groups in total. The molecule has 2 atom stereocenters. The minimum atomic E-state index is -0.468. The first-order valence-electron chi connectivity index (χ1n) is 8.01. The number of anilines is 1. The van der Waals surface area contributed by atoms with Crippen molar-refractivity contribution in [3.63, 3.8) is 0 Å². The van der Waals surface area contributed by atoms with E-state index in [9.17, 15) is 4.79 Å². The Morgan fingerprint density at radius 3 is 2.57 bits per heavy atom. The van der Waals surface area contributed by atoms with E-state index in [1.165, 1.54) is 0 Å². The normalized spacial score (nSPS) is 23.6. The van der Waals surface area contributed by atoms with Gasteiger partial charge in [-0.1, -0.05) is 0 Å². The van der Waals surface area contributed by atoms with Crippen LogP contribution in [0.15, 0.2) is 18.3 Å². The molecule has 3 rings (SSSR count). The zero-order chi connectivity index (χ0) is 16.6. The maximum Gasteiger partial charge on any atom is 0.410 e. The van der Waals surface area contributed by atoms with Gasteiger partial charge in [0.2, 0.25) is 0 Å². The van der Waals surface area contributed by atoms with Crippen molar-refractivity contribution < 1.29 is 9.53 Å². The van der Waals surface area contributed by atoms with Gasteiger partial charge in [-0.2, -0.15) is 5.26 Å². The van der Waals surface area contributed by atoms with Crippen molar-refractivity contribution in [1.82, 2.24) is 9.88 Å². The van der Waals surface area contributed by atoms with Crippen LogP contribution in [0.2, 0.25) is 0 Å². The Bertz CT molecular complexity index is 629. The first-order valence-corrected chi connectivity index (χ1v) is 8.01. The van der Waals surface area contributed by atoms with Gasteiger partial charge in [0.05, 0.1) is 17.9 Å². The van der Waals surface area contributed by atoms with Gasteiger partial charge in [-0.3, -0.25) is 0 Å². The number of nitriles is 1. The van der Waals surface area contributed by atoms with Crippen LogP contribution in [0.1, 0.15) is 39.3 Å². The van der Waals surface area contributed by atoms with Gasteiger partial charge < -0.3 is 14.5 Å². The summed E-state index contributed by atoms with van der Waals surface area (Å²) >= 11 is 0. The quantitative estimate of drug-likeness (QED) is 0.796. The third kappa shape index (κ3) is 3.09. The van der Waals surface area contributed by atoms with Gasteiger partial charge in [0.15, 0.2) is 0 Å². The predicted molar refractivity (Wildman–Crippen MR) is 86.0 cm³/mol. The molecule has 0 aromatic carbocycles. The fourth-order valence-corrected chi connectivity index (χ4v) is 3.23. The van der Waals surface area contributed by atoms with Crippen LogP contribution in [0.25, 0.3) is 0 Å². The van der Waals surface area contributed by atoms with Crippen LogP contribution in [-0.2, 0) is 4.74 Å². The number of piperazine rings is 1. The minimum absolute atomic E-state index is 0.203. The smallest absolute Gasteiger partial charge is 0.410 e. The van der Waals surface area contributed by atoms with E-state index < -0.39 is 5.60 Å². The van der Waals surface area contributed by atoms with Crippen LogP contribution < -0.4 is 4.90 Å². The zero-order valence-corrected chi connectivity index (χ0v) is 13.8. The monoisotopic (exact) mass is 314 g/mol. The highest BCUT2D eigenvalue weighted by molar-refractivity contribution is 5.70. The largest absolute Gasteiger partial charge is 0.444 e. The van der Waals surface area contributed by atoms with E-state index in [0.29, 0.717) is 18.3 Å². The van der Waals surface area contributed by atoms with Gasteiger partial charge in [-0.15, -0.1) is 0 Å². The topological polar surface area (TPSA) is 69.5 Å². The van der Waals surface area contributed by atoms with E-state index in [2.05, 4.69) is 9.88 Å². The van der Waals surface area contributed by atoms with Crippen molar-refractivity contribution in [3.05, 3.63) is 24.0 Å². The van der Waals surface area contributed by atoms with Crippen molar-refractivity contribution in [1.29, 1.82) is 5.26 Å². The highest BCUT2D eigenvalue weighted by Crippen LogP contribution is 2.36. The van der Waals surface area contributed by atoms with Crippen LogP contribution in [0.4, 0.5) is 10.5 Å². The molecule has 0 spiro atoms. The summed E-state index contributed by atoms with van der Waals surface area (Å²) in [6.45, 7) is 7.08. The number of aromatic nitrogens is 1. The Morgan fingerprint density at radius 2 is 2.04 bits per heavy atom. The summed E-state index contributed by atoms with van der Waals surface area (Å²) in [5.74, 6) is 0. The van der Waals surface area contributed by atoms with Crippen LogP contribution in [0.5, 0.6) is 0 Å². The molecular formula is C17H22N4O2. The fourth-order valence-electron chi connectivity index (χ4n) is 3.23. The Labute approximate surface area is 136 Å². The third-order valence-corrected chi connectivity index (χ3v) is 4.41. The van der Waals surface area contributed by atoms with E-state index in [-0.39, 0.29) is 12.1 Å². The number of fused-ring (bicyclic) bond motifs is 1. The Balaban J connectivity index is 1.71. The zero-order valence-electron chi connectivity index (χ0n) is 13.8. The molecule has 6 heteroatoms. The van der Waals surface area contributed by atoms with Crippen LogP contribution in [0, 0.1) is 11.3 Å². The molecule has 2 heterocycles. The second kappa shape index (κ2) is 5.73. The van der Waals surface area contributed by atoms with Crippen molar-refractivity contribution in [3.8, 4) is 6.07 Å². The van der Waals surface area contributed by atoms with Crippen molar-refractivity contribution in [2.45, 2.75) is 51.3 Å².